The molecule has 0 unspecified atom stereocenters. The molecule has 1 fully saturated rings. The van der Waals surface area contributed by atoms with E-state index < -0.39 is 5.54 Å². The Morgan fingerprint density at radius 1 is 1.50 bits per heavy atom. The summed E-state index contributed by atoms with van der Waals surface area (Å²) in [6.45, 7) is 3.98. The predicted octanol–water partition coefficient (Wildman–Crippen LogP) is 1.70. The second-order valence-corrected chi connectivity index (χ2v) is 6.00. The largest absolute Gasteiger partial charge is 0.394 e. The Hall–Kier alpha value is -1.01. The highest BCUT2D eigenvalue weighted by molar-refractivity contribution is 7.08. The number of carbonyl (C=O) groups is 1. The highest BCUT2D eigenvalue weighted by Gasteiger charge is 2.35. The first-order chi connectivity index (χ1) is 8.58. The van der Waals surface area contributed by atoms with Gasteiger partial charge < -0.3 is 10.4 Å². The molecule has 2 N–H and O–H groups in total. The van der Waals surface area contributed by atoms with Gasteiger partial charge in [-0.15, -0.1) is 5.10 Å². The molecule has 6 heteroatoms. The normalized spacial score (nSPS) is 18.2. The summed E-state index contributed by atoms with van der Waals surface area (Å²) in [6, 6.07) is 0. The van der Waals surface area contributed by atoms with Crippen molar-refractivity contribution >= 4 is 17.4 Å². The second-order valence-electron chi connectivity index (χ2n) is 5.24. The van der Waals surface area contributed by atoms with Gasteiger partial charge in [0.25, 0.3) is 5.91 Å². The molecule has 1 saturated carbocycles. The molecule has 100 valence electrons. The van der Waals surface area contributed by atoms with Gasteiger partial charge in [0.15, 0.2) is 0 Å². The van der Waals surface area contributed by atoms with Crippen molar-refractivity contribution in [3.63, 3.8) is 0 Å². The van der Waals surface area contributed by atoms with E-state index in [1.807, 2.05) is 13.8 Å². The average molecular weight is 269 g/mol. The number of hydrogen-bond acceptors (Lipinski definition) is 5. The van der Waals surface area contributed by atoms with Crippen LogP contribution in [0.4, 0.5) is 0 Å². The monoisotopic (exact) mass is 269 g/mol. The van der Waals surface area contributed by atoms with Crippen LogP contribution in [0.15, 0.2) is 0 Å². The van der Waals surface area contributed by atoms with Crippen molar-refractivity contribution < 1.29 is 9.90 Å². The number of amides is 1. The van der Waals surface area contributed by atoms with E-state index in [9.17, 15) is 9.90 Å². The summed E-state index contributed by atoms with van der Waals surface area (Å²) in [5, 5.41) is 16.5. The highest BCUT2D eigenvalue weighted by Crippen LogP contribution is 2.30. The molecule has 0 bridgehead atoms. The summed E-state index contributed by atoms with van der Waals surface area (Å²) in [5.41, 5.74) is 0.304. The topological polar surface area (TPSA) is 75.1 Å². The van der Waals surface area contributed by atoms with Crippen molar-refractivity contribution in [1.29, 1.82) is 0 Å². The third-order valence-electron chi connectivity index (χ3n) is 3.51. The van der Waals surface area contributed by atoms with Crippen LogP contribution in [-0.4, -0.2) is 32.7 Å². The Balaban J connectivity index is 2.14. The van der Waals surface area contributed by atoms with E-state index in [1.54, 1.807) is 0 Å². The van der Waals surface area contributed by atoms with E-state index in [0.29, 0.717) is 4.88 Å². The molecule has 0 aromatic carbocycles. The first kappa shape index (κ1) is 13.4. The third-order valence-corrected chi connectivity index (χ3v) is 4.25. The minimum atomic E-state index is -0.435. The van der Waals surface area contributed by atoms with E-state index >= 15 is 0 Å². The smallest absolute Gasteiger partial charge is 0.265 e. The first-order valence-electron chi connectivity index (χ1n) is 6.33. The van der Waals surface area contributed by atoms with Crippen LogP contribution in [0.2, 0.25) is 0 Å². The quantitative estimate of drug-likeness (QED) is 0.872. The zero-order chi connectivity index (χ0) is 13.2. The van der Waals surface area contributed by atoms with Crippen molar-refractivity contribution in [1.82, 2.24) is 14.9 Å². The van der Waals surface area contributed by atoms with Crippen LogP contribution in [0.25, 0.3) is 0 Å². The van der Waals surface area contributed by atoms with E-state index in [1.165, 1.54) is 0 Å². The fourth-order valence-corrected chi connectivity index (χ4v) is 3.12. The fraction of sp³-hybridized carbons (Fsp3) is 0.750. The first-order valence-corrected chi connectivity index (χ1v) is 7.11. The van der Waals surface area contributed by atoms with Crippen molar-refractivity contribution in [2.45, 2.75) is 51.0 Å². The Kier molecular flexibility index (Phi) is 3.97. The molecule has 0 radical (unpaired) electrons. The Labute approximate surface area is 111 Å². The Bertz CT molecular complexity index is 425. The highest BCUT2D eigenvalue weighted by atomic mass is 32.1. The standard InChI is InChI=1S/C12H19N3O2S/c1-8(2)9-10(18-15-14-9)11(17)13-12(7-16)5-3-4-6-12/h8,16H,3-7H2,1-2H3,(H,13,17). The van der Waals surface area contributed by atoms with Gasteiger partial charge >= 0.3 is 0 Å². The van der Waals surface area contributed by atoms with Crippen molar-refractivity contribution in [3.05, 3.63) is 10.6 Å². The maximum absolute atomic E-state index is 12.3. The molecule has 1 aliphatic rings. The van der Waals surface area contributed by atoms with E-state index in [0.717, 1.165) is 42.9 Å². The zero-order valence-electron chi connectivity index (χ0n) is 10.8. The van der Waals surface area contributed by atoms with Gasteiger partial charge in [-0.3, -0.25) is 4.79 Å². The van der Waals surface area contributed by atoms with Gasteiger partial charge in [-0.1, -0.05) is 31.2 Å². The molecule has 1 aliphatic carbocycles. The van der Waals surface area contributed by atoms with Gasteiger partial charge in [-0.05, 0) is 30.3 Å². The van der Waals surface area contributed by atoms with Crippen molar-refractivity contribution in [2.24, 2.45) is 0 Å². The number of aromatic nitrogens is 2. The Morgan fingerprint density at radius 3 is 2.72 bits per heavy atom. The lowest BCUT2D eigenvalue weighted by Gasteiger charge is -2.27. The fourth-order valence-electron chi connectivity index (χ4n) is 2.40. The van der Waals surface area contributed by atoms with Crippen LogP contribution < -0.4 is 5.32 Å². The summed E-state index contributed by atoms with van der Waals surface area (Å²) in [5.74, 6) is 0.0304. The molecule has 0 saturated heterocycles. The number of nitrogens with zero attached hydrogens (tertiary/aromatic N) is 2. The van der Waals surface area contributed by atoms with Crippen LogP contribution >= 0.6 is 11.5 Å². The van der Waals surface area contributed by atoms with E-state index in [-0.39, 0.29) is 18.4 Å². The molecule has 0 aliphatic heterocycles. The third kappa shape index (κ3) is 2.54. The van der Waals surface area contributed by atoms with Gasteiger partial charge in [-0.25, -0.2) is 0 Å². The van der Waals surface area contributed by atoms with Gasteiger partial charge in [-0.2, -0.15) is 0 Å². The predicted molar refractivity (Wildman–Crippen MR) is 69.7 cm³/mol. The number of rotatable bonds is 4. The number of carbonyl (C=O) groups excluding carboxylic acids is 1. The van der Waals surface area contributed by atoms with Crippen LogP contribution in [0.5, 0.6) is 0 Å². The van der Waals surface area contributed by atoms with Crippen LogP contribution in [0.1, 0.15) is 60.8 Å². The lowest BCUT2D eigenvalue weighted by molar-refractivity contribution is 0.0841. The summed E-state index contributed by atoms with van der Waals surface area (Å²) < 4.78 is 3.86. The lowest BCUT2D eigenvalue weighted by Crippen LogP contribution is -2.49. The summed E-state index contributed by atoms with van der Waals surface area (Å²) in [7, 11) is 0. The molecule has 5 nitrogen and oxygen atoms in total. The minimum absolute atomic E-state index is 0.00197. The number of nitrogens with one attached hydrogen (secondary N) is 1. The number of hydrogen-bond donors (Lipinski definition) is 2. The van der Waals surface area contributed by atoms with Gasteiger partial charge in [0, 0.05) is 0 Å². The maximum Gasteiger partial charge on any atom is 0.265 e. The van der Waals surface area contributed by atoms with E-state index in [2.05, 4.69) is 14.9 Å². The Morgan fingerprint density at radius 2 is 2.17 bits per heavy atom. The summed E-state index contributed by atoms with van der Waals surface area (Å²) in [4.78, 5) is 12.8. The zero-order valence-corrected chi connectivity index (χ0v) is 11.6. The molecule has 0 atom stereocenters. The van der Waals surface area contributed by atoms with Crippen molar-refractivity contribution in [3.8, 4) is 0 Å². The van der Waals surface area contributed by atoms with Gasteiger partial charge in [0.05, 0.1) is 17.8 Å². The number of aliphatic hydroxyl groups is 1. The maximum atomic E-state index is 12.3. The number of aliphatic hydroxyl groups excluding tert-OH is 1. The van der Waals surface area contributed by atoms with Gasteiger partial charge in [0.2, 0.25) is 0 Å². The van der Waals surface area contributed by atoms with Crippen molar-refractivity contribution in [2.75, 3.05) is 6.61 Å². The molecular formula is C12H19N3O2S. The summed E-state index contributed by atoms with van der Waals surface area (Å²) >= 11 is 1.12. The second kappa shape index (κ2) is 5.32. The van der Waals surface area contributed by atoms with Crippen LogP contribution in [0.3, 0.4) is 0 Å². The molecule has 1 aromatic rings. The minimum Gasteiger partial charge on any atom is -0.394 e. The van der Waals surface area contributed by atoms with Gasteiger partial charge in [0.1, 0.15) is 4.88 Å². The summed E-state index contributed by atoms with van der Waals surface area (Å²) in [6.07, 6.45) is 3.80. The molecular weight excluding hydrogens is 250 g/mol. The molecule has 1 aromatic heterocycles. The van der Waals surface area contributed by atoms with Crippen LogP contribution in [0, 0.1) is 0 Å². The van der Waals surface area contributed by atoms with E-state index in [4.69, 9.17) is 0 Å². The molecule has 0 spiro atoms. The molecule has 1 amide bonds. The average Bonchev–Trinajstić information content (AvgIpc) is 2.97. The molecule has 2 rings (SSSR count). The lowest BCUT2D eigenvalue weighted by atomic mass is 9.98. The SMILES string of the molecule is CC(C)c1nnsc1C(=O)NC1(CO)CCCC1. The molecule has 18 heavy (non-hydrogen) atoms. The van der Waals surface area contributed by atoms with Crippen LogP contribution in [-0.2, 0) is 0 Å². The molecule has 1 heterocycles.